The molecule has 0 spiro atoms. The predicted octanol–water partition coefficient (Wildman–Crippen LogP) is 4.38. The highest BCUT2D eigenvalue weighted by atomic mass is 79.9. The monoisotopic (exact) mass is 510 g/mol. The smallest absolute Gasteiger partial charge is 0.338 e. The number of hydrogen-bond acceptors (Lipinski definition) is 7. The molecule has 4 aromatic rings. The number of carbonyl (C=O) groups is 1. The average molecular weight is 511 g/mol. The van der Waals surface area contributed by atoms with Gasteiger partial charge < -0.3 is 14.2 Å². The third kappa shape index (κ3) is 4.70. The molecule has 3 aromatic carbocycles. The maximum atomic E-state index is 13.0. The summed E-state index contributed by atoms with van der Waals surface area (Å²) < 4.78 is 29.9. The fourth-order valence-electron chi connectivity index (χ4n) is 3.23. The molecule has 0 amide bonds. The first-order chi connectivity index (χ1) is 16.0. The summed E-state index contributed by atoms with van der Waals surface area (Å²) in [4.78, 5) is 13.9. The van der Waals surface area contributed by atoms with E-state index in [9.17, 15) is 9.18 Å². The van der Waals surface area contributed by atoms with Crippen LogP contribution < -0.4 is 9.47 Å². The van der Waals surface area contributed by atoms with Gasteiger partial charge in [0.25, 0.3) is 0 Å². The van der Waals surface area contributed by atoms with E-state index in [0.29, 0.717) is 35.0 Å². The SMILES string of the molecule is O=C(OCc1cc2c(cc1Br)OCO2)c1ccc(-c2nnn(Cc3ccc(F)cc3)n2)cc1. The predicted molar refractivity (Wildman–Crippen MR) is 118 cm³/mol. The van der Waals surface area contributed by atoms with Gasteiger partial charge in [0.1, 0.15) is 12.4 Å². The largest absolute Gasteiger partial charge is 0.457 e. The van der Waals surface area contributed by atoms with Gasteiger partial charge in [-0.15, -0.1) is 10.2 Å². The number of rotatable bonds is 6. The molecule has 5 rings (SSSR count). The number of nitrogens with zero attached hydrogens (tertiary/aromatic N) is 4. The van der Waals surface area contributed by atoms with Crippen LogP contribution in [-0.2, 0) is 17.9 Å². The van der Waals surface area contributed by atoms with Crippen molar-refractivity contribution in [2.45, 2.75) is 13.2 Å². The molecule has 0 fully saturated rings. The van der Waals surface area contributed by atoms with Crippen molar-refractivity contribution in [1.82, 2.24) is 20.2 Å². The van der Waals surface area contributed by atoms with Gasteiger partial charge in [0, 0.05) is 15.6 Å². The first-order valence-electron chi connectivity index (χ1n) is 9.93. The van der Waals surface area contributed by atoms with Crippen LogP contribution in [0.15, 0.2) is 65.1 Å². The minimum Gasteiger partial charge on any atom is -0.457 e. The van der Waals surface area contributed by atoms with E-state index < -0.39 is 5.97 Å². The van der Waals surface area contributed by atoms with Gasteiger partial charge in [-0.05, 0) is 47.2 Å². The zero-order valence-electron chi connectivity index (χ0n) is 17.1. The molecular weight excluding hydrogens is 495 g/mol. The van der Waals surface area contributed by atoms with E-state index in [-0.39, 0.29) is 19.2 Å². The first-order valence-corrected chi connectivity index (χ1v) is 10.7. The molecule has 0 saturated heterocycles. The summed E-state index contributed by atoms with van der Waals surface area (Å²) in [5.41, 5.74) is 2.73. The van der Waals surface area contributed by atoms with Crippen molar-refractivity contribution in [3.8, 4) is 22.9 Å². The van der Waals surface area contributed by atoms with E-state index in [1.165, 1.54) is 16.9 Å². The van der Waals surface area contributed by atoms with E-state index in [1.54, 1.807) is 48.5 Å². The molecule has 0 bridgehead atoms. The summed E-state index contributed by atoms with van der Waals surface area (Å²) in [6.07, 6.45) is 0. The quantitative estimate of drug-likeness (QED) is 0.355. The van der Waals surface area contributed by atoms with E-state index >= 15 is 0 Å². The lowest BCUT2D eigenvalue weighted by molar-refractivity contribution is 0.0471. The van der Waals surface area contributed by atoms with E-state index in [0.717, 1.165) is 15.6 Å². The Balaban J connectivity index is 1.22. The van der Waals surface area contributed by atoms with Crippen molar-refractivity contribution >= 4 is 21.9 Å². The lowest BCUT2D eigenvalue weighted by Gasteiger charge is -2.08. The molecule has 0 aliphatic carbocycles. The van der Waals surface area contributed by atoms with Crippen molar-refractivity contribution in [2.24, 2.45) is 0 Å². The summed E-state index contributed by atoms with van der Waals surface area (Å²) in [7, 11) is 0. The zero-order chi connectivity index (χ0) is 22.8. The molecule has 10 heteroatoms. The average Bonchev–Trinajstić information content (AvgIpc) is 3.48. The summed E-state index contributed by atoms with van der Waals surface area (Å²) in [6, 6.07) is 16.4. The van der Waals surface area contributed by atoms with Crippen LogP contribution in [-0.4, -0.2) is 33.0 Å². The maximum absolute atomic E-state index is 13.0. The molecule has 8 nitrogen and oxygen atoms in total. The molecule has 1 aliphatic rings. The Labute approximate surface area is 196 Å². The second kappa shape index (κ2) is 8.99. The topological polar surface area (TPSA) is 88.4 Å². The minimum atomic E-state index is -0.459. The molecule has 0 radical (unpaired) electrons. The number of carbonyl (C=O) groups excluding carboxylic acids is 1. The van der Waals surface area contributed by atoms with Gasteiger partial charge in [-0.25, -0.2) is 9.18 Å². The van der Waals surface area contributed by atoms with Crippen LogP contribution in [0.1, 0.15) is 21.5 Å². The molecule has 33 heavy (non-hydrogen) atoms. The maximum Gasteiger partial charge on any atom is 0.338 e. The molecule has 0 atom stereocenters. The number of halogens is 2. The number of hydrogen-bond donors (Lipinski definition) is 0. The lowest BCUT2D eigenvalue weighted by Crippen LogP contribution is -2.05. The molecule has 0 unspecified atom stereocenters. The third-order valence-electron chi connectivity index (χ3n) is 4.97. The van der Waals surface area contributed by atoms with Crippen LogP contribution in [0.2, 0.25) is 0 Å². The molecule has 166 valence electrons. The van der Waals surface area contributed by atoms with Gasteiger partial charge in [0.15, 0.2) is 11.5 Å². The molecule has 1 aromatic heterocycles. The van der Waals surface area contributed by atoms with Crippen molar-refractivity contribution < 1.29 is 23.4 Å². The van der Waals surface area contributed by atoms with E-state index in [2.05, 4.69) is 31.3 Å². The highest BCUT2D eigenvalue weighted by molar-refractivity contribution is 9.10. The van der Waals surface area contributed by atoms with Gasteiger partial charge >= 0.3 is 5.97 Å². The Kier molecular flexibility index (Phi) is 5.74. The van der Waals surface area contributed by atoms with Gasteiger partial charge in [0.2, 0.25) is 12.6 Å². The molecule has 1 aliphatic heterocycles. The minimum absolute atomic E-state index is 0.0804. The van der Waals surface area contributed by atoms with Crippen molar-refractivity contribution in [3.63, 3.8) is 0 Å². The van der Waals surface area contributed by atoms with Crippen LogP contribution >= 0.6 is 15.9 Å². The number of ether oxygens (including phenoxy) is 3. The zero-order valence-corrected chi connectivity index (χ0v) is 18.7. The molecule has 0 N–H and O–H groups in total. The summed E-state index contributed by atoms with van der Waals surface area (Å²) in [5.74, 6) is 0.929. The molecular formula is C23H16BrFN4O4. The Morgan fingerprint density at radius 1 is 1.06 bits per heavy atom. The Hall–Kier alpha value is -3.79. The highest BCUT2D eigenvalue weighted by Crippen LogP contribution is 2.37. The fourth-order valence-corrected chi connectivity index (χ4v) is 3.67. The van der Waals surface area contributed by atoms with Crippen molar-refractivity contribution in [2.75, 3.05) is 6.79 Å². The lowest BCUT2D eigenvalue weighted by atomic mass is 10.1. The number of benzene rings is 3. The van der Waals surface area contributed by atoms with Crippen LogP contribution in [0.4, 0.5) is 4.39 Å². The summed E-state index contributed by atoms with van der Waals surface area (Å²) >= 11 is 3.45. The second-order valence-corrected chi connectivity index (χ2v) is 8.07. The van der Waals surface area contributed by atoms with Crippen LogP contribution in [0.25, 0.3) is 11.4 Å². The van der Waals surface area contributed by atoms with Crippen LogP contribution in [0.5, 0.6) is 11.5 Å². The normalized spacial score (nSPS) is 12.1. The van der Waals surface area contributed by atoms with E-state index in [1.807, 2.05) is 0 Å². The number of aromatic nitrogens is 4. The van der Waals surface area contributed by atoms with Gasteiger partial charge in [0.05, 0.1) is 12.1 Å². The summed E-state index contributed by atoms with van der Waals surface area (Å²) in [6.45, 7) is 0.621. The second-order valence-electron chi connectivity index (χ2n) is 7.22. The summed E-state index contributed by atoms with van der Waals surface area (Å²) in [5, 5.41) is 12.4. The Morgan fingerprint density at radius 3 is 2.55 bits per heavy atom. The number of esters is 1. The van der Waals surface area contributed by atoms with Crippen LogP contribution in [0, 0.1) is 5.82 Å². The van der Waals surface area contributed by atoms with E-state index in [4.69, 9.17) is 14.2 Å². The molecule has 0 saturated carbocycles. The van der Waals surface area contributed by atoms with Gasteiger partial charge in [-0.1, -0.05) is 40.2 Å². The Morgan fingerprint density at radius 2 is 1.79 bits per heavy atom. The Bertz CT molecular complexity index is 1310. The molecule has 2 heterocycles. The fraction of sp³-hybridized carbons (Fsp3) is 0.130. The third-order valence-corrected chi connectivity index (χ3v) is 5.71. The van der Waals surface area contributed by atoms with Crippen molar-refractivity contribution in [1.29, 1.82) is 0 Å². The standard InChI is InChI=1S/C23H16BrFN4O4/c24-19-10-21-20(32-13-33-21)9-17(19)12-31-23(30)16-5-3-15(4-6-16)22-26-28-29(27-22)11-14-1-7-18(25)8-2-14/h1-10H,11-13H2. The highest BCUT2D eigenvalue weighted by Gasteiger charge is 2.18. The van der Waals surface area contributed by atoms with Gasteiger partial charge in [-0.2, -0.15) is 4.80 Å². The number of fused-ring (bicyclic) bond motifs is 1. The number of tetrazole rings is 1. The van der Waals surface area contributed by atoms with Crippen molar-refractivity contribution in [3.05, 3.63) is 87.6 Å². The van der Waals surface area contributed by atoms with Gasteiger partial charge in [-0.3, -0.25) is 0 Å². The first kappa shape index (κ1) is 21.1. The van der Waals surface area contributed by atoms with Crippen LogP contribution in [0.3, 0.4) is 0 Å².